The van der Waals surface area contributed by atoms with Gasteiger partial charge in [0.2, 0.25) is 10.0 Å². The van der Waals surface area contributed by atoms with Gasteiger partial charge in [-0.15, -0.1) is 0 Å². The van der Waals surface area contributed by atoms with Crippen molar-refractivity contribution in [3.05, 3.63) is 22.4 Å². The minimum absolute atomic E-state index is 0.0269. The summed E-state index contributed by atoms with van der Waals surface area (Å²) in [5.74, 6) is 0. The molecule has 0 radical (unpaired) electrons. The van der Waals surface area contributed by atoms with Gasteiger partial charge in [0.15, 0.2) is 0 Å². The quantitative estimate of drug-likeness (QED) is 0.834. The third-order valence-electron chi connectivity index (χ3n) is 2.11. The Balaban J connectivity index is 3.15. The first-order chi connectivity index (χ1) is 7.93. The van der Waals surface area contributed by atoms with Crippen molar-refractivity contribution in [2.45, 2.75) is 11.8 Å². The van der Waals surface area contributed by atoms with Crippen LogP contribution < -0.4 is 0 Å². The van der Waals surface area contributed by atoms with Crippen LogP contribution >= 0.6 is 23.2 Å². The Morgan fingerprint density at radius 2 is 2.12 bits per heavy atom. The van der Waals surface area contributed by atoms with Gasteiger partial charge in [-0.2, -0.15) is 4.31 Å². The van der Waals surface area contributed by atoms with E-state index in [0.717, 1.165) is 10.5 Å². The van der Waals surface area contributed by atoms with Crippen LogP contribution in [0.25, 0.3) is 0 Å². The third-order valence-corrected chi connectivity index (χ3v) is 4.74. The molecule has 8 heteroatoms. The van der Waals surface area contributed by atoms with Crippen molar-refractivity contribution in [1.29, 1.82) is 0 Å². The van der Waals surface area contributed by atoms with E-state index in [1.807, 2.05) is 0 Å². The SMILES string of the molecule is CCN(CCO)S(=O)(=O)c1cnc(Cl)c(Cl)c1. The summed E-state index contributed by atoms with van der Waals surface area (Å²) in [6.07, 6.45) is 1.14. The van der Waals surface area contributed by atoms with E-state index in [2.05, 4.69) is 4.98 Å². The Hall–Kier alpha value is -0.400. The van der Waals surface area contributed by atoms with Crippen molar-refractivity contribution in [2.24, 2.45) is 0 Å². The van der Waals surface area contributed by atoms with E-state index in [4.69, 9.17) is 28.3 Å². The van der Waals surface area contributed by atoms with Crippen LogP contribution in [0.1, 0.15) is 6.92 Å². The Bertz CT molecular complexity index is 493. The highest BCUT2D eigenvalue weighted by molar-refractivity contribution is 7.89. The van der Waals surface area contributed by atoms with Gasteiger partial charge in [0.1, 0.15) is 10.0 Å². The van der Waals surface area contributed by atoms with Crippen molar-refractivity contribution >= 4 is 33.2 Å². The molecule has 0 spiro atoms. The Labute approximate surface area is 110 Å². The smallest absolute Gasteiger partial charge is 0.244 e. The number of hydrogen-bond donors (Lipinski definition) is 1. The van der Waals surface area contributed by atoms with Crippen LogP contribution in [0, 0.1) is 0 Å². The molecule has 0 aliphatic rings. The lowest BCUT2D eigenvalue weighted by Gasteiger charge is -2.19. The first kappa shape index (κ1) is 14.7. The van der Waals surface area contributed by atoms with Crippen molar-refractivity contribution in [3.63, 3.8) is 0 Å². The maximum atomic E-state index is 12.1. The van der Waals surface area contributed by atoms with Crippen molar-refractivity contribution in [2.75, 3.05) is 19.7 Å². The molecule has 0 atom stereocenters. The third kappa shape index (κ3) is 3.29. The Kier molecular flexibility index (Phi) is 5.15. The van der Waals surface area contributed by atoms with Gasteiger partial charge >= 0.3 is 0 Å². The minimum atomic E-state index is -3.68. The highest BCUT2D eigenvalue weighted by Gasteiger charge is 2.23. The summed E-state index contributed by atoms with van der Waals surface area (Å²) in [6.45, 7) is 1.71. The lowest BCUT2D eigenvalue weighted by molar-refractivity contribution is 0.257. The van der Waals surface area contributed by atoms with E-state index in [1.54, 1.807) is 6.92 Å². The Morgan fingerprint density at radius 3 is 2.59 bits per heavy atom. The minimum Gasteiger partial charge on any atom is -0.395 e. The van der Waals surface area contributed by atoms with E-state index in [-0.39, 0.29) is 34.8 Å². The summed E-state index contributed by atoms with van der Waals surface area (Å²) in [5.41, 5.74) is 0. The number of aliphatic hydroxyl groups is 1. The second-order valence-electron chi connectivity index (χ2n) is 3.16. The van der Waals surface area contributed by atoms with Gasteiger partial charge in [-0.1, -0.05) is 30.1 Å². The molecular formula is C9H12Cl2N2O3S. The molecule has 1 aromatic heterocycles. The lowest BCUT2D eigenvalue weighted by atomic mass is 10.5. The molecule has 5 nitrogen and oxygen atoms in total. The number of nitrogens with zero attached hydrogens (tertiary/aromatic N) is 2. The molecule has 0 aromatic carbocycles. The molecule has 0 unspecified atom stereocenters. The van der Waals surface area contributed by atoms with Gasteiger partial charge in [-0.25, -0.2) is 13.4 Å². The van der Waals surface area contributed by atoms with E-state index in [9.17, 15) is 8.42 Å². The number of hydrogen-bond acceptors (Lipinski definition) is 4. The number of aliphatic hydroxyl groups excluding tert-OH is 1. The van der Waals surface area contributed by atoms with Crippen molar-refractivity contribution in [3.8, 4) is 0 Å². The summed E-state index contributed by atoms with van der Waals surface area (Å²) in [5, 5.41) is 8.94. The van der Waals surface area contributed by atoms with Crippen LogP contribution in [0.4, 0.5) is 0 Å². The summed E-state index contributed by atoms with van der Waals surface area (Å²) in [4.78, 5) is 3.65. The second kappa shape index (κ2) is 5.97. The number of sulfonamides is 1. The van der Waals surface area contributed by atoms with Crippen LogP contribution in [0.3, 0.4) is 0 Å². The summed E-state index contributed by atoms with van der Waals surface area (Å²) in [6, 6.07) is 1.24. The van der Waals surface area contributed by atoms with Crippen molar-refractivity contribution < 1.29 is 13.5 Å². The van der Waals surface area contributed by atoms with E-state index in [1.165, 1.54) is 6.07 Å². The molecule has 0 saturated heterocycles. The van der Waals surface area contributed by atoms with Crippen LogP contribution in [-0.4, -0.2) is 42.5 Å². The zero-order valence-corrected chi connectivity index (χ0v) is 11.4. The Morgan fingerprint density at radius 1 is 1.47 bits per heavy atom. The molecule has 0 aliphatic heterocycles. The van der Waals surface area contributed by atoms with E-state index >= 15 is 0 Å². The zero-order chi connectivity index (χ0) is 13.1. The number of pyridine rings is 1. The van der Waals surface area contributed by atoms with Gasteiger partial charge in [0.05, 0.1) is 11.6 Å². The number of rotatable bonds is 5. The molecule has 1 aromatic rings. The molecule has 1 N–H and O–H groups in total. The summed E-state index contributed by atoms with van der Waals surface area (Å²) >= 11 is 11.3. The van der Waals surface area contributed by atoms with Gasteiger partial charge in [0, 0.05) is 19.3 Å². The normalized spacial score (nSPS) is 12.1. The largest absolute Gasteiger partial charge is 0.395 e. The standard InChI is InChI=1S/C9H12Cl2N2O3S/c1-2-13(3-4-14)17(15,16)7-5-8(10)9(11)12-6-7/h5-6,14H,2-4H2,1H3. The predicted molar refractivity (Wildman–Crippen MR) is 65.8 cm³/mol. The number of likely N-dealkylation sites (N-methyl/N-ethyl adjacent to an activating group) is 1. The van der Waals surface area contributed by atoms with E-state index < -0.39 is 10.0 Å². The molecule has 0 aliphatic carbocycles. The molecule has 0 bridgehead atoms. The fourth-order valence-electron chi connectivity index (χ4n) is 1.25. The monoisotopic (exact) mass is 298 g/mol. The van der Waals surface area contributed by atoms with Crippen LogP contribution in [0.2, 0.25) is 10.2 Å². The first-order valence-corrected chi connectivity index (χ1v) is 7.05. The molecule has 0 fully saturated rings. The molecule has 96 valence electrons. The fourth-order valence-corrected chi connectivity index (χ4v) is 3.00. The fraction of sp³-hybridized carbons (Fsp3) is 0.444. The molecular weight excluding hydrogens is 287 g/mol. The van der Waals surface area contributed by atoms with E-state index in [0.29, 0.717) is 0 Å². The van der Waals surface area contributed by atoms with Gasteiger partial charge in [0.25, 0.3) is 0 Å². The molecule has 17 heavy (non-hydrogen) atoms. The van der Waals surface area contributed by atoms with Gasteiger partial charge in [-0.3, -0.25) is 0 Å². The highest BCUT2D eigenvalue weighted by atomic mass is 35.5. The maximum Gasteiger partial charge on any atom is 0.244 e. The zero-order valence-electron chi connectivity index (χ0n) is 9.10. The van der Waals surface area contributed by atoms with Gasteiger partial charge in [-0.05, 0) is 6.07 Å². The molecule has 0 saturated carbocycles. The number of aromatic nitrogens is 1. The maximum absolute atomic E-state index is 12.1. The van der Waals surface area contributed by atoms with Crippen LogP contribution in [0.5, 0.6) is 0 Å². The first-order valence-electron chi connectivity index (χ1n) is 4.85. The van der Waals surface area contributed by atoms with Crippen LogP contribution in [0.15, 0.2) is 17.2 Å². The lowest BCUT2D eigenvalue weighted by Crippen LogP contribution is -2.33. The average molecular weight is 299 g/mol. The molecule has 1 heterocycles. The highest BCUT2D eigenvalue weighted by Crippen LogP contribution is 2.23. The molecule has 1 rings (SSSR count). The summed E-state index contributed by atoms with van der Waals surface area (Å²) < 4.78 is 25.3. The van der Waals surface area contributed by atoms with Gasteiger partial charge < -0.3 is 5.11 Å². The van der Waals surface area contributed by atoms with Crippen LogP contribution in [-0.2, 0) is 10.0 Å². The number of halogens is 2. The topological polar surface area (TPSA) is 70.5 Å². The average Bonchev–Trinajstić information content (AvgIpc) is 2.29. The second-order valence-corrected chi connectivity index (χ2v) is 5.87. The predicted octanol–water partition coefficient (Wildman–Crippen LogP) is 1.39. The summed E-state index contributed by atoms with van der Waals surface area (Å²) in [7, 11) is -3.68. The van der Waals surface area contributed by atoms with Crippen molar-refractivity contribution in [1.82, 2.24) is 9.29 Å². The molecule has 0 amide bonds.